The molecule has 6 heteroatoms. The van der Waals surface area contributed by atoms with E-state index in [9.17, 15) is 0 Å². The molecule has 2 rings (SSSR count). The van der Waals surface area contributed by atoms with Crippen molar-refractivity contribution in [3.05, 3.63) is 11.2 Å². The Hall–Kier alpha value is -1.07. The number of nitrogens with one attached hydrogen (secondary N) is 2. The average molecular weight is 257 g/mol. The number of nitrogens with zero attached hydrogens (tertiary/aromatic N) is 2. The predicted octanol–water partition coefficient (Wildman–Crippen LogP) is 2.15. The van der Waals surface area contributed by atoms with Crippen LogP contribution in [0.5, 0.6) is 0 Å². The SMILES string of the molecule is CNc1ncc(Cl)c(NC(C)C2CCCO2)n1. The monoisotopic (exact) mass is 256 g/mol. The van der Waals surface area contributed by atoms with Crippen molar-refractivity contribution in [2.45, 2.75) is 31.9 Å². The minimum Gasteiger partial charge on any atom is -0.376 e. The summed E-state index contributed by atoms with van der Waals surface area (Å²) in [4.78, 5) is 8.32. The van der Waals surface area contributed by atoms with E-state index in [4.69, 9.17) is 16.3 Å². The van der Waals surface area contributed by atoms with Crippen molar-refractivity contribution < 1.29 is 4.74 Å². The Morgan fingerprint density at radius 1 is 1.59 bits per heavy atom. The molecular formula is C11H17ClN4O. The van der Waals surface area contributed by atoms with Crippen LogP contribution in [0.3, 0.4) is 0 Å². The highest BCUT2D eigenvalue weighted by Crippen LogP contribution is 2.23. The maximum atomic E-state index is 6.05. The van der Waals surface area contributed by atoms with Gasteiger partial charge in [-0.3, -0.25) is 0 Å². The van der Waals surface area contributed by atoms with Crippen LogP contribution in [0.4, 0.5) is 11.8 Å². The first-order chi connectivity index (χ1) is 8.20. The Morgan fingerprint density at radius 3 is 3.06 bits per heavy atom. The molecule has 2 atom stereocenters. The number of hydrogen-bond donors (Lipinski definition) is 2. The summed E-state index contributed by atoms with van der Waals surface area (Å²) >= 11 is 6.05. The van der Waals surface area contributed by atoms with E-state index in [0.717, 1.165) is 19.4 Å². The van der Waals surface area contributed by atoms with E-state index in [1.807, 2.05) is 0 Å². The van der Waals surface area contributed by atoms with Gasteiger partial charge in [0.2, 0.25) is 5.95 Å². The summed E-state index contributed by atoms with van der Waals surface area (Å²) in [5.74, 6) is 1.20. The quantitative estimate of drug-likeness (QED) is 0.865. The van der Waals surface area contributed by atoms with Crippen molar-refractivity contribution in [2.75, 3.05) is 24.3 Å². The normalized spacial score (nSPS) is 21.2. The molecule has 2 heterocycles. The summed E-state index contributed by atoms with van der Waals surface area (Å²) in [6.07, 6.45) is 4.02. The molecule has 1 aliphatic rings. The third-order valence-electron chi connectivity index (χ3n) is 2.85. The summed E-state index contributed by atoms with van der Waals surface area (Å²) in [7, 11) is 1.77. The van der Waals surface area contributed by atoms with Crippen LogP contribution in [0.2, 0.25) is 5.02 Å². The zero-order valence-electron chi connectivity index (χ0n) is 10.0. The van der Waals surface area contributed by atoms with E-state index in [0.29, 0.717) is 16.8 Å². The van der Waals surface area contributed by atoms with Gasteiger partial charge in [-0.2, -0.15) is 4.98 Å². The lowest BCUT2D eigenvalue weighted by Crippen LogP contribution is -2.30. The number of hydrogen-bond acceptors (Lipinski definition) is 5. The van der Waals surface area contributed by atoms with Gasteiger partial charge in [-0.15, -0.1) is 0 Å². The molecule has 0 amide bonds. The largest absolute Gasteiger partial charge is 0.376 e. The fourth-order valence-corrected chi connectivity index (χ4v) is 2.04. The third-order valence-corrected chi connectivity index (χ3v) is 3.13. The maximum Gasteiger partial charge on any atom is 0.224 e. The zero-order chi connectivity index (χ0) is 12.3. The molecule has 0 aromatic carbocycles. The van der Waals surface area contributed by atoms with Gasteiger partial charge in [-0.05, 0) is 19.8 Å². The second kappa shape index (κ2) is 5.51. The van der Waals surface area contributed by atoms with Crippen LogP contribution in [0.15, 0.2) is 6.20 Å². The highest BCUT2D eigenvalue weighted by molar-refractivity contribution is 6.32. The Bertz CT molecular complexity index is 382. The van der Waals surface area contributed by atoms with Gasteiger partial charge in [0.05, 0.1) is 18.3 Å². The molecule has 1 fully saturated rings. The highest BCUT2D eigenvalue weighted by Gasteiger charge is 2.23. The van der Waals surface area contributed by atoms with Gasteiger partial charge in [0, 0.05) is 13.7 Å². The summed E-state index contributed by atoms with van der Waals surface area (Å²) in [5, 5.41) is 6.69. The number of rotatable bonds is 4. The molecular weight excluding hydrogens is 240 g/mol. The van der Waals surface area contributed by atoms with Gasteiger partial charge in [0.15, 0.2) is 5.82 Å². The maximum absolute atomic E-state index is 6.05. The van der Waals surface area contributed by atoms with Crippen molar-refractivity contribution >= 4 is 23.4 Å². The van der Waals surface area contributed by atoms with E-state index in [-0.39, 0.29) is 12.1 Å². The number of aromatic nitrogens is 2. The molecule has 0 saturated carbocycles. The van der Waals surface area contributed by atoms with Crippen LogP contribution in [-0.2, 0) is 4.74 Å². The summed E-state index contributed by atoms with van der Waals surface area (Å²) in [6.45, 7) is 2.92. The number of halogens is 1. The summed E-state index contributed by atoms with van der Waals surface area (Å²) < 4.78 is 5.62. The molecule has 2 unspecified atom stereocenters. The van der Waals surface area contributed by atoms with Crippen LogP contribution in [0, 0.1) is 0 Å². The molecule has 0 bridgehead atoms. The fraction of sp³-hybridized carbons (Fsp3) is 0.636. The fourth-order valence-electron chi connectivity index (χ4n) is 1.89. The molecule has 0 radical (unpaired) electrons. The first kappa shape index (κ1) is 12.4. The lowest BCUT2D eigenvalue weighted by atomic mass is 10.1. The zero-order valence-corrected chi connectivity index (χ0v) is 10.8. The topological polar surface area (TPSA) is 59.1 Å². The average Bonchev–Trinajstić information content (AvgIpc) is 2.85. The van der Waals surface area contributed by atoms with Gasteiger partial charge in [-0.1, -0.05) is 11.6 Å². The Morgan fingerprint density at radius 2 is 2.41 bits per heavy atom. The van der Waals surface area contributed by atoms with Crippen molar-refractivity contribution in [3.8, 4) is 0 Å². The lowest BCUT2D eigenvalue weighted by Gasteiger charge is -2.21. The first-order valence-electron chi connectivity index (χ1n) is 5.79. The van der Waals surface area contributed by atoms with E-state index < -0.39 is 0 Å². The Balaban J connectivity index is 2.06. The number of ether oxygens (including phenoxy) is 1. The molecule has 0 aliphatic carbocycles. The van der Waals surface area contributed by atoms with Crippen LogP contribution in [-0.4, -0.2) is 35.8 Å². The Kier molecular flexibility index (Phi) is 4.02. The van der Waals surface area contributed by atoms with E-state index in [2.05, 4.69) is 27.5 Å². The second-order valence-electron chi connectivity index (χ2n) is 4.12. The standard InChI is InChI=1S/C11H17ClN4O/c1-7(9-4-3-5-17-9)15-10-8(12)6-14-11(13-2)16-10/h6-7,9H,3-5H2,1-2H3,(H2,13,14,15,16). The number of anilines is 2. The molecule has 1 aromatic heterocycles. The van der Waals surface area contributed by atoms with Crippen molar-refractivity contribution in [3.63, 3.8) is 0 Å². The minimum atomic E-state index is 0.189. The van der Waals surface area contributed by atoms with E-state index in [1.165, 1.54) is 0 Å². The third kappa shape index (κ3) is 2.98. The molecule has 94 valence electrons. The molecule has 17 heavy (non-hydrogen) atoms. The first-order valence-corrected chi connectivity index (χ1v) is 6.17. The van der Waals surface area contributed by atoms with Gasteiger partial charge in [0.1, 0.15) is 5.02 Å². The van der Waals surface area contributed by atoms with Crippen molar-refractivity contribution in [1.29, 1.82) is 0 Å². The summed E-state index contributed by atoms with van der Waals surface area (Å²) in [5.41, 5.74) is 0. The van der Waals surface area contributed by atoms with Gasteiger partial charge < -0.3 is 15.4 Å². The van der Waals surface area contributed by atoms with Crippen LogP contribution in [0.1, 0.15) is 19.8 Å². The van der Waals surface area contributed by atoms with Crippen LogP contribution in [0.25, 0.3) is 0 Å². The smallest absolute Gasteiger partial charge is 0.224 e. The second-order valence-corrected chi connectivity index (χ2v) is 4.53. The molecule has 0 spiro atoms. The van der Waals surface area contributed by atoms with Gasteiger partial charge >= 0.3 is 0 Å². The predicted molar refractivity (Wildman–Crippen MR) is 68.6 cm³/mol. The van der Waals surface area contributed by atoms with Gasteiger partial charge in [-0.25, -0.2) is 4.98 Å². The van der Waals surface area contributed by atoms with Crippen LogP contribution >= 0.6 is 11.6 Å². The van der Waals surface area contributed by atoms with Crippen molar-refractivity contribution in [1.82, 2.24) is 9.97 Å². The minimum absolute atomic E-state index is 0.189. The Labute approximate surface area is 106 Å². The van der Waals surface area contributed by atoms with E-state index in [1.54, 1.807) is 13.2 Å². The van der Waals surface area contributed by atoms with Crippen molar-refractivity contribution in [2.24, 2.45) is 0 Å². The molecule has 1 aliphatic heterocycles. The highest BCUT2D eigenvalue weighted by atomic mass is 35.5. The molecule has 5 nitrogen and oxygen atoms in total. The lowest BCUT2D eigenvalue weighted by molar-refractivity contribution is 0.0995. The van der Waals surface area contributed by atoms with Crippen LogP contribution < -0.4 is 10.6 Å². The van der Waals surface area contributed by atoms with E-state index >= 15 is 0 Å². The molecule has 1 aromatic rings. The molecule has 2 N–H and O–H groups in total. The van der Waals surface area contributed by atoms with Gasteiger partial charge in [0.25, 0.3) is 0 Å². The molecule has 1 saturated heterocycles. The summed E-state index contributed by atoms with van der Waals surface area (Å²) in [6, 6.07) is 0.189.